The molecule has 0 heterocycles. The van der Waals surface area contributed by atoms with Gasteiger partial charge < -0.3 is 15.2 Å². The van der Waals surface area contributed by atoms with E-state index in [4.69, 9.17) is 15.2 Å². The molecule has 0 aliphatic heterocycles. The Labute approximate surface area is 107 Å². The van der Waals surface area contributed by atoms with Crippen molar-refractivity contribution >= 4 is 5.91 Å². The number of benzene rings is 1. The summed E-state index contributed by atoms with van der Waals surface area (Å²) in [5, 5.41) is 0. The molecule has 1 aromatic carbocycles. The Bertz CT molecular complexity index is 407. The molecule has 0 aromatic heterocycles. The predicted octanol–water partition coefficient (Wildman–Crippen LogP) is 0.663. The Hall–Kier alpha value is -1.75. The fraction of sp³-hybridized carbons (Fsp3) is 0.462. The fourth-order valence-electron chi connectivity index (χ4n) is 1.73. The number of hydrogen-bond donors (Lipinski definition) is 1. The molecule has 18 heavy (non-hydrogen) atoms. The molecule has 0 fully saturated rings. The van der Waals surface area contributed by atoms with Gasteiger partial charge in [-0.15, -0.1) is 0 Å². The van der Waals surface area contributed by atoms with Gasteiger partial charge in [-0.2, -0.15) is 0 Å². The van der Waals surface area contributed by atoms with E-state index in [2.05, 4.69) is 0 Å². The maximum Gasteiger partial charge on any atom is 0.231 e. The van der Waals surface area contributed by atoms with Crippen LogP contribution in [-0.4, -0.2) is 45.2 Å². The van der Waals surface area contributed by atoms with E-state index in [0.29, 0.717) is 0 Å². The molecule has 0 atom stereocenters. The van der Waals surface area contributed by atoms with Crippen molar-refractivity contribution in [3.8, 4) is 11.5 Å². The van der Waals surface area contributed by atoms with Crippen LogP contribution in [0.5, 0.6) is 11.5 Å². The van der Waals surface area contributed by atoms with E-state index in [9.17, 15) is 4.79 Å². The lowest BCUT2D eigenvalue weighted by atomic mass is 10.1. The number of amides is 1. The van der Waals surface area contributed by atoms with Crippen LogP contribution in [0, 0.1) is 0 Å². The Morgan fingerprint density at radius 3 is 2.61 bits per heavy atom. The van der Waals surface area contributed by atoms with Crippen LogP contribution in [0.15, 0.2) is 18.2 Å². The second-order valence-corrected chi connectivity index (χ2v) is 4.13. The van der Waals surface area contributed by atoms with Gasteiger partial charge in [-0.1, -0.05) is 0 Å². The minimum Gasteiger partial charge on any atom is -0.497 e. The molecule has 0 spiro atoms. The van der Waals surface area contributed by atoms with E-state index in [1.165, 1.54) is 0 Å². The third-order valence-corrected chi connectivity index (χ3v) is 2.68. The van der Waals surface area contributed by atoms with Crippen LogP contribution in [0.2, 0.25) is 0 Å². The van der Waals surface area contributed by atoms with Crippen molar-refractivity contribution in [3.05, 3.63) is 23.8 Å². The van der Waals surface area contributed by atoms with E-state index in [1.54, 1.807) is 14.2 Å². The average molecular weight is 252 g/mol. The molecule has 0 saturated carbocycles. The molecular weight excluding hydrogens is 232 g/mol. The number of carbonyl (C=O) groups excluding carboxylic acids is 1. The van der Waals surface area contributed by atoms with Crippen molar-refractivity contribution in [2.24, 2.45) is 5.73 Å². The number of carbonyl (C=O) groups is 1. The van der Waals surface area contributed by atoms with Crippen molar-refractivity contribution in [3.63, 3.8) is 0 Å². The number of likely N-dealkylation sites (N-methyl/N-ethyl adjacent to an activating group) is 1. The summed E-state index contributed by atoms with van der Waals surface area (Å²) in [4.78, 5) is 12.7. The zero-order chi connectivity index (χ0) is 13.5. The van der Waals surface area contributed by atoms with Gasteiger partial charge in [0.2, 0.25) is 5.91 Å². The monoisotopic (exact) mass is 252 g/mol. The number of ether oxygens (including phenoxy) is 2. The van der Waals surface area contributed by atoms with Crippen molar-refractivity contribution in [1.82, 2.24) is 4.90 Å². The number of nitrogens with zero attached hydrogens (tertiary/aromatic N) is 1. The fourth-order valence-corrected chi connectivity index (χ4v) is 1.73. The van der Waals surface area contributed by atoms with Gasteiger partial charge in [-0.25, -0.2) is 0 Å². The Morgan fingerprint density at radius 2 is 2.06 bits per heavy atom. The number of methoxy groups -OCH3 is 2. The molecule has 1 amide bonds. The molecule has 0 radical (unpaired) electrons. The number of nitrogens with two attached hydrogens (primary N) is 1. The first-order valence-corrected chi connectivity index (χ1v) is 5.74. The first-order valence-electron chi connectivity index (χ1n) is 5.74. The zero-order valence-electron chi connectivity index (χ0n) is 11.1. The van der Waals surface area contributed by atoms with Crippen LogP contribution in [0.4, 0.5) is 0 Å². The molecule has 5 nitrogen and oxygen atoms in total. The molecule has 1 aromatic rings. The van der Waals surface area contributed by atoms with E-state index in [-0.39, 0.29) is 12.5 Å². The zero-order valence-corrected chi connectivity index (χ0v) is 11.1. The van der Waals surface area contributed by atoms with Crippen molar-refractivity contribution in [2.75, 3.05) is 34.4 Å². The lowest BCUT2D eigenvalue weighted by Crippen LogP contribution is -2.32. The van der Waals surface area contributed by atoms with E-state index >= 15 is 0 Å². The van der Waals surface area contributed by atoms with Gasteiger partial charge in [0.15, 0.2) is 0 Å². The SMILES string of the molecule is COc1ccc(OC)c(CCN(C)CC(N)=O)c1. The molecule has 0 bridgehead atoms. The van der Waals surface area contributed by atoms with Gasteiger partial charge in [0.05, 0.1) is 20.8 Å². The van der Waals surface area contributed by atoms with Crippen LogP contribution >= 0.6 is 0 Å². The lowest BCUT2D eigenvalue weighted by molar-refractivity contribution is -0.118. The summed E-state index contributed by atoms with van der Waals surface area (Å²) in [5.41, 5.74) is 6.19. The van der Waals surface area contributed by atoms with E-state index in [0.717, 1.165) is 30.0 Å². The third-order valence-electron chi connectivity index (χ3n) is 2.68. The van der Waals surface area contributed by atoms with Crippen molar-refractivity contribution in [1.29, 1.82) is 0 Å². The molecule has 1 rings (SSSR count). The Morgan fingerprint density at radius 1 is 1.33 bits per heavy atom. The standard InChI is InChI=1S/C13H20N2O3/c1-15(9-13(14)16)7-6-10-8-11(17-2)4-5-12(10)18-3/h4-5,8H,6-7,9H2,1-3H3,(H2,14,16). The third kappa shape index (κ3) is 4.25. The molecule has 2 N–H and O–H groups in total. The van der Waals surface area contributed by atoms with Gasteiger partial charge >= 0.3 is 0 Å². The van der Waals surface area contributed by atoms with Crippen LogP contribution in [-0.2, 0) is 11.2 Å². The van der Waals surface area contributed by atoms with E-state index in [1.807, 2.05) is 30.1 Å². The van der Waals surface area contributed by atoms with Crippen LogP contribution in [0.25, 0.3) is 0 Å². The van der Waals surface area contributed by atoms with Gasteiger partial charge in [-0.3, -0.25) is 9.69 Å². The first kappa shape index (κ1) is 14.3. The molecule has 5 heteroatoms. The van der Waals surface area contributed by atoms with Gasteiger partial charge in [0, 0.05) is 6.54 Å². The quantitative estimate of drug-likeness (QED) is 0.774. The second kappa shape index (κ2) is 6.86. The summed E-state index contributed by atoms with van der Waals surface area (Å²) in [7, 11) is 5.13. The maximum atomic E-state index is 10.8. The molecule has 0 aliphatic rings. The molecule has 0 saturated heterocycles. The summed E-state index contributed by atoms with van der Waals surface area (Å²) < 4.78 is 10.5. The molecule has 100 valence electrons. The highest BCUT2D eigenvalue weighted by Crippen LogP contribution is 2.24. The number of primary amides is 1. The predicted molar refractivity (Wildman–Crippen MR) is 69.9 cm³/mol. The number of rotatable bonds is 7. The molecule has 0 unspecified atom stereocenters. The van der Waals surface area contributed by atoms with E-state index < -0.39 is 0 Å². The minimum atomic E-state index is -0.324. The molecular formula is C13H20N2O3. The lowest BCUT2D eigenvalue weighted by Gasteiger charge is -2.16. The largest absolute Gasteiger partial charge is 0.497 e. The summed E-state index contributed by atoms with van der Waals surface area (Å²) in [5.74, 6) is 1.29. The summed E-state index contributed by atoms with van der Waals surface area (Å²) in [6.07, 6.45) is 0.768. The highest BCUT2D eigenvalue weighted by Gasteiger charge is 2.08. The first-order chi connectivity index (χ1) is 8.56. The Kier molecular flexibility index (Phi) is 5.45. The van der Waals surface area contributed by atoms with Crippen LogP contribution in [0.3, 0.4) is 0 Å². The van der Waals surface area contributed by atoms with Crippen molar-refractivity contribution < 1.29 is 14.3 Å². The summed E-state index contributed by atoms with van der Waals surface area (Å²) in [6.45, 7) is 0.985. The van der Waals surface area contributed by atoms with Gasteiger partial charge in [0.25, 0.3) is 0 Å². The Balaban J connectivity index is 2.67. The van der Waals surface area contributed by atoms with Crippen LogP contribution < -0.4 is 15.2 Å². The maximum absolute atomic E-state index is 10.8. The molecule has 0 aliphatic carbocycles. The van der Waals surface area contributed by atoms with Crippen LogP contribution in [0.1, 0.15) is 5.56 Å². The second-order valence-electron chi connectivity index (χ2n) is 4.13. The topological polar surface area (TPSA) is 64.8 Å². The average Bonchev–Trinajstić information content (AvgIpc) is 2.35. The summed E-state index contributed by atoms with van der Waals surface area (Å²) in [6, 6.07) is 5.68. The smallest absolute Gasteiger partial charge is 0.231 e. The number of hydrogen-bond acceptors (Lipinski definition) is 4. The summed E-state index contributed by atoms with van der Waals surface area (Å²) >= 11 is 0. The normalized spacial score (nSPS) is 10.4. The van der Waals surface area contributed by atoms with Crippen molar-refractivity contribution in [2.45, 2.75) is 6.42 Å². The van der Waals surface area contributed by atoms with Gasteiger partial charge in [-0.05, 0) is 37.2 Å². The minimum absolute atomic E-state index is 0.256. The van der Waals surface area contributed by atoms with Gasteiger partial charge in [0.1, 0.15) is 11.5 Å². The highest BCUT2D eigenvalue weighted by molar-refractivity contribution is 5.75. The highest BCUT2D eigenvalue weighted by atomic mass is 16.5.